The molecule has 1 heterocycles. The van der Waals surface area contributed by atoms with E-state index >= 15 is 0 Å². The first-order valence-electron chi connectivity index (χ1n) is 5.44. The molecule has 1 fully saturated rings. The van der Waals surface area contributed by atoms with Gasteiger partial charge in [-0.2, -0.15) is 0 Å². The van der Waals surface area contributed by atoms with E-state index in [-0.39, 0.29) is 25.2 Å². The lowest BCUT2D eigenvalue weighted by Gasteiger charge is -2.31. The lowest BCUT2D eigenvalue weighted by atomic mass is 10.2. The number of nitrogens with one attached hydrogen (secondary N) is 1. The highest BCUT2D eigenvalue weighted by Crippen LogP contribution is 2.06. The van der Waals surface area contributed by atoms with Crippen molar-refractivity contribution >= 4 is 12.0 Å². The number of amides is 2. The number of nitrogens with zero attached hydrogens (tertiary/aromatic N) is 1. The number of aliphatic carboxylic acids is 1. The first-order chi connectivity index (χ1) is 8.08. The van der Waals surface area contributed by atoms with Gasteiger partial charge in [-0.3, -0.25) is 0 Å². The number of urea groups is 1. The number of carbonyl (C=O) groups excluding carboxylic acids is 1. The van der Waals surface area contributed by atoms with E-state index < -0.39 is 12.1 Å². The summed E-state index contributed by atoms with van der Waals surface area (Å²) in [4.78, 5) is 23.9. The molecule has 1 saturated heterocycles. The fraction of sp³-hybridized carbons (Fsp3) is 0.636. The van der Waals surface area contributed by atoms with Crippen LogP contribution in [0.3, 0.4) is 0 Å². The van der Waals surface area contributed by atoms with Gasteiger partial charge >= 0.3 is 12.0 Å². The van der Waals surface area contributed by atoms with E-state index in [0.717, 1.165) is 0 Å². The van der Waals surface area contributed by atoms with Crippen LogP contribution in [-0.2, 0) is 9.53 Å². The molecule has 1 rings (SSSR count). The molecule has 0 spiro atoms. The standard InChI is InChI=1S/C11H16N2O4/c1-3-8(4-2)12-11(16)13-5-6-17-9(7-13)10(14)15/h1,8-9H,4-7H2,2H3,(H,12,16)(H,14,15). The Morgan fingerprint density at radius 2 is 2.41 bits per heavy atom. The highest BCUT2D eigenvalue weighted by Gasteiger charge is 2.29. The van der Waals surface area contributed by atoms with Crippen molar-refractivity contribution in [1.29, 1.82) is 0 Å². The molecule has 2 N–H and O–H groups in total. The number of morpholine rings is 1. The summed E-state index contributed by atoms with van der Waals surface area (Å²) in [5.41, 5.74) is 0. The van der Waals surface area contributed by atoms with Gasteiger partial charge in [0.1, 0.15) is 0 Å². The topological polar surface area (TPSA) is 78.9 Å². The smallest absolute Gasteiger partial charge is 0.334 e. The molecule has 2 unspecified atom stereocenters. The highest BCUT2D eigenvalue weighted by atomic mass is 16.5. The normalized spacial score (nSPS) is 21.4. The Kier molecular flexibility index (Phi) is 4.79. The van der Waals surface area contributed by atoms with Crippen LogP contribution in [0.5, 0.6) is 0 Å². The van der Waals surface area contributed by atoms with E-state index in [9.17, 15) is 9.59 Å². The zero-order valence-electron chi connectivity index (χ0n) is 9.68. The van der Waals surface area contributed by atoms with Crippen LogP contribution in [0.2, 0.25) is 0 Å². The minimum atomic E-state index is -1.06. The monoisotopic (exact) mass is 240 g/mol. The fourth-order valence-corrected chi connectivity index (χ4v) is 1.49. The number of carbonyl (C=O) groups is 2. The predicted octanol–water partition coefficient (Wildman–Crippen LogP) is -0.107. The maximum Gasteiger partial charge on any atom is 0.334 e. The third kappa shape index (κ3) is 3.64. The van der Waals surface area contributed by atoms with E-state index in [2.05, 4.69) is 11.2 Å². The van der Waals surface area contributed by atoms with E-state index in [4.69, 9.17) is 16.3 Å². The number of terminal acetylenes is 1. The number of hydrogen-bond acceptors (Lipinski definition) is 3. The Morgan fingerprint density at radius 3 is 2.94 bits per heavy atom. The van der Waals surface area contributed by atoms with Crippen LogP contribution in [0.25, 0.3) is 0 Å². The van der Waals surface area contributed by atoms with Crippen molar-refractivity contribution in [3.8, 4) is 12.3 Å². The fourth-order valence-electron chi connectivity index (χ4n) is 1.49. The molecule has 0 aromatic heterocycles. The van der Waals surface area contributed by atoms with Crippen LogP contribution >= 0.6 is 0 Å². The second-order valence-electron chi connectivity index (χ2n) is 3.72. The third-order valence-corrected chi connectivity index (χ3v) is 2.54. The molecule has 1 aliphatic heterocycles. The molecule has 6 heteroatoms. The first-order valence-corrected chi connectivity index (χ1v) is 5.44. The van der Waals surface area contributed by atoms with Crippen molar-refractivity contribution in [3.63, 3.8) is 0 Å². The Bertz CT molecular complexity index is 337. The average Bonchev–Trinajstić information content (AvgIpc) is 2.35. The molecule has 94 valence electrons. The van der Waals surface area contributed by atoms with Crippen molar-refractivity contribution in [3.05, 3.63) is 0 Å². The molecule has 17 heavy (non-hydrogen) atoms. The van der Waals surface area contributed by atoms with Crippen LogP contribution in [-0.4, -0.2) is 53.8 Å². The molecule has 6 nitrogen and oxygen atoms in total. The summed E-state index contributed by atoms with van der Waals surface area (Å²) in [5.74, 6) is 1.39. The summed E-state index contributed by atoms with van der Waals surface area (Å²) in [6.45, 7) is 2.50. The highest BCUT2D eigenvalue weighted by molar-refractivity contribution is 5.77. The quantitative estimate of drug-likeness (QED) is 0.675. The zero-order chi connectivity index (χ0) is 12.8. The molecule has 0 saturated carbocycles. The van der Waals surface area contributed by atoms with Gasteiger partial charge in [-0.1, -0.05) is 12.8 Å². The van der Waals surface area contributed by atoms with Crippen LogP contribution in [0.4, 0.5) is 4.79 Å². The minimum Gasteiger partial charge on any atom is -0.479 e. The largest absolute Gasteiger partial charge is 0.479 e. The second kappa shape index (κ2) is 6.11. The Hall–Kier alpha value is -1.74. The van der Waals surface area contributed by atoms with Crippen molar-refractivity contribution in [2.75, 3.05) is 19.7 Å². The van der Waals surface area contributed by atoms with Gasteiger partial charge in [0.2, 0.25) is 0 Å². The van der Waals surface area contributed by atoms with Gasteiger partial charge < -0.3 is 20.1 Å². The molecule has 0 aliphatic carbocycles. The van der Waals surface area contributed by atoms with E-state index in [1.165, 1.54) is 4.90 Å². The van der Waals surface area contributed by atoms with Gasteiger partial charge in [0.15, 0.2) is 6.10 Å². The number of carboxylic acids is 1. The van der Waals surface area contributed by atoms with Crippen molar-refractivity contribution in [2.45, 2.75) is 25.5 Å². The van der Waals surface area contributed by atoms with Gasteiger partial charge in [-0.05, 0) is 6.42 Å². The number of hydrogen-bond donors (Lipinski definition) is 2. The molecular weight excluding hydrogens is 224 g/mol. The summed E-state index contributed by atoms with van der Waals surface area (Å²) >= 11 is 0. The molecule has 0 aromatic carbocycles. The summed E-state index contributed by atoms with van der Waals surface area (Å²) in [5, 5.41) is 11.4. The minimum absolute atomic E-state index is 0.0438. The summed E-state index contributed by atoms with van der Waals surface area (Å²) in [6.07, 6.45) is 4.91. The zero-order valence-corrected chi connectivity index (χ0v) is 9.68. The lowest BCUT2D eigenvalue weighted by Crippen LogP contribution is -2.53. The first kappa shape index (κ1) is 13.3. The Morgan fingerprint density at radius 1 is 1.71 bits per heavy atom. The molecule has 0 radical (unpaired) electrons. The molecule has 0 aromatic rings. The van der Waals surface area contributed by atoms with Gasteiger partial charge in [0, 0.05) is 6.54 Å². The van der Waals surface area contributed by atoms with E-state index in [1.54, 1.807) is 0 Å². The van der Waals surface area contributed by atoms with Gasteiger partial charge in [0.25, 0.3) is 0 Å². The maximum absolute atomic E-state index is 11.8. The lowest BCUT2D eigenvalue weighted by molar-refractivity contribution is -0.154. The van der Waals surface area contributed by atoms with E-state index in [0.29, 0.717) is 13.0 Å². The molecule has 1 aliphatic rings. The summed E-state index contributed by atoms with van der Waals surface area (Å²) < 4.78 is 5.02. The SMILES string of the molecule is C#CC(CC)NC(=O)N1CCOC(C(=O)O)C1. The molecular formula is C11H16N2O4. The van der Waals surface area contributed by atoms with Crippen LogP contribution in [0.1, 0.15) is 13.3 Å². The number of rotatable bonds is 3. The summed E-state index contributed by atoms with van der Waals surface area (Å²) in [6, 6.07) is -0.669. The predicted molar refractivity (Wildman–Crippen MR) is 60.4 cm³/mol. The number of ether oxygens (including phenoxy) is 1. The molecule has 2 atom stereocenters. The Labute approximate surface area is 99.9 Å². The van der Waals surface area contributed by atoms with Gasteiger partial charge in [-0.25, -0.2) is 9.59 Å². The van der Waals surface area contributed by atoms with Crippen LogP contribution < -0.4 is 5.32 Å². The average molecular weight is 240 g/mol. The molecule has 2 amide bonds. The summed E-state index contributed by atoms with van der Waals surface area (Å²) in [7, 11) is 0. The Balaban J connectivity index is 2.52. The number of carboxylic acid groups (broad SMARTS) is 1. The van der Waals surface area contributed by atoms with E-state index in [1.807, 2.05) is 6.92 Å². The second-order valence-corrected chi connectivity index (χ2v) is 3.72. The van der Waals surface area contributed by atoms with Crippen molar-refractivity contribution in [1.82, 2.24) is 10.2 Å². The van der Waals surface area contributed by atoms with Crippen molar-refractivity contribution < 1.29 is 19.4 Å². The third-order valence-electron chi connectivity index (χ3n) is 2.54. The van der Waals surface area contributed by atoms with Gasteiger partial charge in [0.05, 0.1) is 19.2 Å². The van der Waals surface area contributed by atoms with Crippen LogP contribution in [0, 0.1) is 12.3 Å². The van der Waals surface area contributed by atoms with Gasteiger partial charge in [-0.15, -0.1) is 6.42 Å². The van der Waals surface area contributed by atoms with Crippen LogP contribution in [0.15, 0.2) is 0 Å². The molecule has 0 bridgehead atoms. The van der Waals surface area contributed by atoms with Crippen molar-refractivity contribution in [2.24, 2.45) is 0 Å². The maximum atomic E-state index is 11.8.